The molecule has 1 saturated heterocycles. The van der Waals surface area contributed by atoms with Gasteiger partial charge in [0.15, 0.2) is 17.0 Å². The maximum Gasteiger partial charge on any atom is 0.167 e. The molecular weight excluding hydrogens is 346 g/mol. The van der Waals surface area contributed by atoms with Crippen LogP contribution in [0, 0.1) is 5.92 Å². The normalized spacial score (nSPS) is 39.3. The van der Waals surface area contributed by atoms with E-state index in [1.165, 1.54) is 19.3 Å². The Labute approximate surface area is 158 Å². The van der Waals surface area contributed by atoms with E-state index in [1.54, 1.807) is 19.6 Å². The average Bonchev–Trinajstić information content (AvgIpc) is 3.06. The monoisotopic (exact) mass is 373 g/mol. The second-order valence-electron chi connectivity index (χ2n) is 8.58. The number of hydrogen-bond acceptors (Lipinski definition) is 7. The summed E-state index contributed by atoms with van der Waals surface area (Å²) in [6.07, 6.45) is 8.74. The Balaban J connectivity index is 1.48. The van der Waals surface area contributed by atoms with Crippen LogP contribution in [0.2, 0.25) is 0 Å². The minimum atomic E-state index is -1.11. The van der Waals surface area contributed by atoms with Crippen molar-refractivity contribution in [2.75, 3.05) is 5.32 Å². The molecule has 4 unspecified atom stereocenters. The van der Waals surface area contributed by atoms with Crippen molar-refractivity contribution in [1.29, 1.82) is 0 Å². The maximum atomic E-state index is 11.0. The summed E-state index contributed by atoms with van der Waals surface area (Å²) < 4.78 is 8.05. The topological polar surface area (TPSA) is 105 Å². The first-order valence-electron chi connectivity index (χ1n) is 9.96. The Bertz CT molecular complexity index is 862. The second kappa shape index (κ2) is 5.86. The van der Waals surface area contributed by atoms with Crippen LogP contribution in [-0.4, -0.2) is 53.1 Å². The molecule has 1 aliphatic heterocycles. The molecule has 2 aliphatic carbocycles. The molecule has 2 aromatic heterocycles. The molecule has 3 fully saturated rings. The highest BCUT2D eigenvalue weighted by Crippen LogP contribution is 2.60. The zero-order chi connectivity index (χ0) is 18.8. The molecule has 1 spiro atoms. The Kier molecular flexibility index (Phi) is 3.76. The number of aliphatic hydroxyl groups excluding tert-OH is 1. The van der Waals surface area contributed by atoms with E-state index in [9.17, 15) is 10.2 Å². The molecule has 0 radical (unpaired) electrons. The molecule has 5 atom stereocenters. The van der Waals surface area contributed by atoms with E-state index in [2.05, 4.69) is 20.3 Å². The van der Waals surface area contributed by atoms with Crippen LogP contribution in [-0.2, 0) is 4.74 Å². The standard InChI is InChI=1S/C19H27N5O3/c1-11-17(27-19(8-13(19)25)18(11,2)26)24-10-22-14-15(20-9-21-16(14)24)23-12-6-4-3-5-7-12/h9-13,17,25-26H,3-8H2,1-2H3,(H,20,21,23)/t11-,13?,17?,18?,19?/m1/s1. The lowest BCUT2D eigenvalue weighted by Crippen LogP contribution is -2.43. The second-order valence-corrected chi connectivity index (χ2v) is 8.58. The Hall–Kier alpha value is -1.77. The lowest BCUT2D eigenvalue weighted by Gasteiger charge is -2.27. The highest BCUT2D eigenvalue weighted by molar-refractivity contribution is 5.82. The SMILES string of the molecule is C[C@@H]1C(n2cnc3c(NC4CCCCC4)ncnc32)OC2(CC2O)C1(C)O. The Morgan fingerprint density at radius 3 is 2.63 bits per heavy atom. The maximum absolute atomic E-state index is 11.0. The Morgan fingerprint density at radius 2 is 1.96 bits per heavy atom. The molecule has 0 amide bonds. The van der Waals surface area contributed by atoms with Gasteiger partial charge in [-0.25, -0.2) is 15.0 Å². The summed E-state index contributed by atoms with van der Waals surface area (Å²) in [7, 11) is 0. The van der Waals surface area contributed by atoms with E-state index < -0.39 is 23.5 Å². The number of nitrogens with zero attached hydrogens (tertiary/aromatic N) is 4. The van der Waals surface area contributed by atoms with Crippen LogP contribution in [0.25, 0.3) is 11.2 Å². The van der Waals surface area contributed by atoms with Gasteiger partial charge in [0.25, 0.3) is 0 Å². The molecule has 0 bridgehead atoms. The minimum absolute atomic E-state index is 0.211. The van der Waals surface area contributed by atoms with Gasteiger partial charge in [0.1, 0.15) is 23.8 Å². The Morgan fingerprint density at radius 1 is 1.22 bits per heavy atom. The van der Waals surface area contributed by atoms with Gasteiger partial charge in [0, 0.05) is 18.4 Å². The molecule has 146 valence electrons. The molecule has 2 aromatic rings. The fourth-order valence-corrected chi connectivity index (χ4v) is 4.88. The number of fused-ring (bicyclic) bond motifs is 1. The van der Waals surface area contributed by atoms with Crippen LogP contribution in [0.4, 0.5) is 5.82 Å². The number of aliphatic hydroxyl groups is 2. The van der Waals surface area contributed by atoms with Gasteiger partial charge in [-0.3, -0.25) is 4.57 Å². The van der Waals surface area contributed by atoms with Crippen molar-refractivity contribution >= 4 is 17.0 Å². The van der Waals surface area contributed by atoms with Crippen LogP contribution >= 0.6 is 0 Å². The quantitative estimate of drug-likeness (QED) is 0.755. The van der Waals surface area contributed by atoms with Gasteiger partial charge in [0.05, 0.1) is 12.4 Å². The molecule has 3 aliphatic rings. The van der Waals surface area contributed by atoms with Crippen LogP contribution in [0.1, 0.15) is 58.6 Å². The van der Waals surface area contributed by atoms with E-state index >= 15 is 0 Å². The van der Waals surface area contributed by atoms with Gasteiger partial charge in [-0.2, -0.15) is 0 Å². The molecule has 2 saturated carbocycles. The first kappa shape index (κ1) is 17.3. The molecule has 3 N–H and O–H groups in total. The van der Waals surface area contributed by atoms with Gasteiger partial charge < -0.3 is 20.3 Å². The van der Waals surface area contributed by atoms with E-state index in [1.807, 2.05) is 11.5 Å². The largest absolute Gasteiger partial charge is 0.390 e. The van der Waals surface area contributed by atoms with E-state index in [-0.39, 0.29) is 5.92 Å². The van der Waals surface area contributed by atoms with Crippen molar-refractivity contribution in [2.24, 2.45) is 5.92 Å². The van der Waals surface area contributed by atoms with Crippen molar-refractivity contribution in [3.63, 3.8) is 0 Å². The molecule has 8 nitrogen and oxygen atoms in total. The minimum Gasteiger partial charge on any atom is -0.390 e. The van der Waals surface area contributed by atoms with Gasteiger partial charge in [-0.05, 0) is 19.8 Å². The number of aromatic nitrogens is 4. The number of rotatable bonds is 3. The first-order valence-corrected chi connectivity index (χ1v) is 9.96. The van der Waals surface area contributed by atoms with Crippen molar-refractivity contribution in [3.8, 4) is 0 Å². The van der Waals surface area contributed by atoms with E-state index in [0.717, 1.165) is 24.2 Å². The molecular formula is C19H27N5O3. The highest BCUT2D eigenvalue weighted by atomic mass is 16.6. The molecule has 27 heavy (non-hydrogen) atoms. The number of imidazole rings is 1. The first-order chi connectivity index (χ1) is 12.9. The van der Waals surface area contributed by atoms with E-state index in [4.69, 9.17) is 4.74 Å². The zero-order valence-electron chi connectivity index (χ0n) is 15.8. The van der Waals surface area contributed by atoms with Crippen LogP contribution in [0.5, 0.6) is 0 Å². The summed E-state index contributed by atoms with van der Waals surface area (Å²) >= 11 is 0. The summed E-state index contributed by atoms with van der Waals surface area (Å²) in [5.41, 5.74) is -0.590. The highest BCUT2D eigenvalue weighted by Gasteiger charge is 2.73. The van der Waals surface area contributed by atoms with E-state index in [0.29, 0.717) is 18.1 Å². The molecule has 5 rings (SSSR count). The van der Waals surface area contributed by atoms with Gasteiger partial charge in [0.2, 0.25) is 0 Å². The molecule has 8 heteroatoms. The number of nitrogens with one attached hydrogen (secondary N) is 1. The van der Waals surface area contributed by atoms with Crippen LogP contribution < -0.4 is 5.32 Å². The number of anilines is 1. The van der Waals surface area contributed by atoms with Crippen molar-refractivity contribution in [2.45, 2.75) is 81.9 Å². The predicted octanol–water partition coefficient (Wildman–Crippen LogP) is 1.99. The lowest BCUT2D eigenvalue weighted by atomic mass is 9.85. The molecule has 0 aromatic carbocycles. The number of ether oxygens (including phenoxy) is 1. The van der Waals surface area contributed by atoms with Gasteiger partial charge >= 0.3 is 0 Å². The van der Waals surface area contributed by atoms with Crippen LogP contribution in [0.3, 0.4) is 0 Å². The van der Waals surface area contributed by atoms with Crippen molar-refractivity contribution in [3.05, 3.63) is 12.7 Å². The van der Waals surface area contributed by atoms with Gasteiger partial charge in [-0.15, -0.1) is 0 Å². The lowest BCUT2D eigenvalue weighted by molar-refractivity contribution is -0.0917. The number of hydrogen-bond donors (Lipinski definition) is 3. The fraction of sp³-hybridized carbons (Fsp3) is 0.737. The van der Waals surface area contributed by atoms with Gasteiger partial charge in [-0.1, -0.05) is 26.2 Å². The third kappa shape index (κ3) is 2.43. The van der Waals surface area contributed by atoms with Crippen LogP contribution in [0.15, 0.2) is 12.7 Å². The zero-order valence-corrected chi connectivity index (χ0v) is 15.8. The van der Waals surface area contributed by atoms with Crippen molar-refractivity contribution in [1.82, 2.24) is 19.5 Å². The third-order valence-corrected chi connectivity index (χ3v) is 6.96. The summed E-state index contributed by atoms with van der Waals surface area (Å²) in [6.45, 7) is 3.69. The fourth-order valence-electron chi connectivity index (χ4n) is 4.88. The third-order valence-electron chi connectivity index (χ3n) is 6.96. The average molecular weight is 373 g/mol. The summed E-state index contributed by atoms with van der Waals surface area (Å²) in [5.74, 6) is 0.543. The smallest absolute Gasteiger partial charge is 0.167 e. The van der Waals surface area contributed by atoms with Crippen molar-refractivity contribution < 1.29 is 14.9 Å². The summed E-state index contributed by atoms with van der Waals surface area (Å²) in [6, 6.07) is 0.425. The summed E-state index contributed by atoms with van der Waals surface area (Å²) in [4.78, 5) is 13.4. The summed E-state index contributed by atoms with van der Waals surface area (Å²) in [5, 5.41) is 24.6. The predicted molar refractivity (Wildman–Crippen MR) is 99.1 cm³/mol. The molecule has 3 heterocycles.